The number of ether oxygens (including phenoxy) is 1. The summed E-state index contributed by atoms with van der Waals surface area (Å²) in [6.07, 6.45) is 9.02. The van der Waals surface area contributed by atoms with Crippen molar-refractivity contribution in [3.8, 4) is 6.26 Å². The van der Waals surface area contributed by atoms with E-state index in [-0.39, 0.29) is 6.10 Å². The Morgan fingerprint density at radius 3 is 3.11 bits per heavy atom. The third kappa shape index (κ3) is 1.77. The van der Waals surface area contributed by atoms with Crippen molar-refractivity contribution in [3.63, 3.8) is 0 Å². The molecule has 0 heterocycles. The Bertz CT molecular complexity index is 145. The summed E-state index contributed by atoms with van der Waals surface area (Å²) in [4.78, 5) is 0. The first-order valence-corrected chi connectivity index (χ1v) is 3.15. The molecule has 48 valence electrons. The van der Waals surface area contributed by atoms with Crippen LogP contribution in [0, 0.1) is 11.5 Å². The van der Waals surface area contributed by atoms with E-state index in [0.717, 1.165) is 19.3 Å². The van der Waals surface area contributed by atoms with E-state index < -0.39 is 0 Å². The Balaban J connectivity index is 2.33. The van der Waals surface area contributed by atoms with Crippen LogP contribution in [0.15, 0.2) is 12.2 Å². The van der Waals surface area contributed by atoms with E-state index in [4.69, 9.17) is 10.00 Å². The lowest BCUT2D eigenvalue weighted by atomic mass is 10.1. The van der Waals surface area contributed by atoms with Crippen molar-refractivity contribution >= 4 is 0 Å². The van der Waals surface area contributed by atoms with Gasteiger partial charge in [-0.3, -0.25) is 0 Å². The fraction of sp³-hybridized carbons (Fsp3) is 0.571. The maximum Gasteiger partial charge on any atom is 0.286 e. The molecule has 2 nitrogen and oxygen atoms in total. The minimum Gasteiger partial charge on any atom is -0.420 e. The van der Waals surface area contributed by atoms with Gasteiger partial charge in [0.1, 0.15) is 6.10 Å². The molecule has 0 aliphatic heterocycles. The molecule has 0 saturated heterocycles. The topological polar surface area (TPSA) is 33.0 Å². The molecule has 0 aromatic rings. The Kier molecular flexibility index (Phi) is 2.14. The molecule has 0 amide bonds. The summed E-state index contributed by atoms with van der Waals surface area (Å²) < 4.78 is 4.70. The van der Waals surface area contributed by atoms with Crippen LogP contribution >= 0.6 is 0 Å². The lowest BCUT2D eigenvalue weighted by Gasteiger charge is -2.11. The minimum atomic E-state index is 0.0590. The van der Waals surface area contributed by atoms with Gasteiger partial charge in [-0.15, -0.1) is 0 Å². The Hall–Kier alpha value is -0.970. The van der Waals surface area contributed by atoms with Crippen LogP contribution < -0.4 is 0 Å². The molecular formula is C7H9NO. The van der Waals surface area contributed by atoms with E-state index in [1.807, 2.05) is 6.08 Å². The maximum absolute atomic E-state index is 8.11. The van der Waals surface area contributed by atoms with Crippen molar-refractivity contribution in [3.05, 3.63) is 12.2 Å². The fourth-order valence-electron chi connectivity index (χ4n) is 0.947. The molecular weight excluding hydrogens is 114 g/mol. The number of hydrogen-bond donors (Lipinski definition) is 0. The van der Waals surface area contributed by atoms with Gasteiger partial charge in [-0.05, 0) is 25.3 Å². The molecule has 0 saturated carbocycles. The number of nitrogens with zero attached hydrogens (tertiary/aromatic N) is 1. The summed E-state index contributed by atoms with van der Waals surface area (Å²) in [5.74, 6) is 0. The van der Waals surface area contributed by atoms with E-state index in [1.165, 1.54) is 0 Å². The summed E-state index contributed by atoms with van der Waals surface area (Å²) in [5, 5.41) is 8.11. The van der Waals surface area contributed by atoms with Gasteiger partial charge in [0, 0.05) is 0 Å². The number of rotatable bonds is 1. The second-order valence-electron chi connectivity index (χ2n) is 2.11. The molecule has 9 heavy (non-hydrogen) atoms. The molecule has 0 N–H and O–H groups in total. The van der Waals surface area contributed by atoms with Crippen molar-refractivity contribution < 1.29 is 4.74 Å². The summed E-state index contributed by atoms with van der Waals surface area (Å²) >= 11 is 0. The first-order valence-electron chi connectivity index (χ1n) is 3.15. The predicted molar refractivity (Wildman–Crippen MR) is 33.5 cm³/mol. The lowest BCUT2D eigenvalue weighted by Crippen LogP contribution is -2.08. The van der Waals surface area contributed by atoms with Crippen LogP contribution in [0.5, 0.6) is 0 Å². The minimum absolute atomic E-state index is 0.0590. The van der Waals surface area contributed by atoms with E-state index in [9.17, 15) is 0 Å². The number of allylic oxidation sites excluding steroid dienone is 1. The first kappa shape index (κ1) is 6.15. The molecule has 0 aromatic carbocycles. The Labute approximate surface area is 54.7 Å². The van der Waals surface area contributed by atoms with Gasteiger partial charge in [0.05, 0.1) is 0 Å². The van der Waals surface area contributed by atoms with Gasteiger partial charge in [-0.1, -0.05) is 6.08 Å². The van der Waals surface area contributed by atoms with E-state index in [0.29, 0.717) is 0 Å². The molecule has 2 heteroatoms. The molecule has 0 fully saturated rings. The highest BCUT2D eigenvalue weighted by Gasteiger charge is 2.07. The van der Waals surface area contributed by atoms with E-state index in [1.54, 1.807) is 6.26 Å². The van der Waals surface area contributed by atoms with Crippen molar-refractivity contribution in [2.45, 2.75) is 25.4 Å². The zero-order valence-corrected chi connectivity index (χ0v) is 5.21. The average Bonchev–Trinajstić information content (AvgIpc) is 1.91. The van der Waals surface area contributed by atoms with Gasteiger partial charge >= 0.3 is 0 Å². The smallest absolute Gasteiger partial charge is 0.286 e. The lowest BCUT2D eigenvalue weighted by molar-refractivity contribution is 0.188. The monoisotopic (exact) mass is 123 g/mol. The first-order chi connectivity index (χ1) is 4.43. The molecule has 0 bridgehead atoms. The summed E-state index contributed by atoms with van der Waals surface area (Å²) in [5.41, 5.74) is 0. The van der Waals surface area contributed by atoms with Crippen LogP contribution in [0.2, 0.25) is 0 Å². The van der Waals surface area contributed by atoms with Gasteiger partial charge in [0.2, 0.25) is 0 Å². The quantitative estimate of drug-likeness (QED) is 0.392. The second kappa shape index (κ2) is 3.13. The number of hydrogen-bond acceptors (Lipinski definition) is 2. The Morgan fingerprint density at radius 1 is 1.67 bits per heavy atom. The van der Waals surface area contributed by atoms with Crippen LogP contribution in [0.1, 0.15) is 19.3 Å². The molecule has 1 aliphatic rings. The van der Waals surface area contributed by atoms with Crippen molar-refractivity contribution in [1.29, 1.82) is 5.26 Å². The van der Waals surface area contributed by atoms with Gasteiger partial charge in [-0.25, -0.2) is 0 Å². The van der Waals surface area contributed by atoms with Gasteiger partial charge in [0.25, 0.3) is 6.26 Å². The van der Waals surface area contributed by atoms with Gasteiger partial charge in [0.15, 0.2) is 0 Å². The van der Waals surface area contributed by atoms with Gasteiger partial charge < -0.3 is 4.74 Å². The van der Waals surface area contributed by atoms with Gasteiger partial charge in [-0.2, -0.15) is 5.26 Å². The highest BCUT2D eigenvalue weighted by Crippen LogP contribution is 2.12. The van der Waals surface area contributed by atoms with Crippen LogP contribution in [0.25, 0.3) is 0 Å². The SMILES string of the molecule is N#COC1C=CCCC1. The maximum atomic E-state index is 8.11. The fourth-order valence-corrected chi connectivity index (χ4v) is 0.947. The summed E-state index contributed by atoms with van der Waals surface area (Å²) in [6.45, 7) is 0. The predicted octanol–water partition coefficient (Wildman–Crippen LogP) is 1.59. The van der Waals surface area contributed by atoms with E-state index >= 15 is 0 Å². The van der Waals surface area contributed by atoms with Crippen molar-refractivity contribution in [2.24, 2.45) is 0 Å². The van der Waals surface area contributed by atoms with Crippen LogP contribution in [0.4, 0.5) is 0 Å². The zero-order chi connectivity index (χ0) is 6.53. The second-order valence-corrected chi connectivity index (χ2v) is 2.11. The largest absolute Gasteiger partial charge is 0.420 e. The van der Waals surface area contributed by atoms with Crippen molar-refractivity contribution in [2.75, 3.05) is 0 Å². The average molecular weight is 123 g/mol. The zero-order valence-electron chi connectivity index (χ0n) is 5.21. The third-order valence-electron chi connectivity index (χ3n) is 1.41. The Morgan fingerprint density at radius 2 is 2.56 bits per heavy atom. The molecule has 1 aliphatic carbocycles. The summed E-state index contributed by atoms with van der Waals surface area (Å²) in [7, 11) is 0. The molecule has 0 radical (unpaired) electrons. The summed E-state index contributed by atoms with van der Waals surface area (Å²) in [6, 6.07) is 0. The number of nitriles is 1. The van der Waals surface area contributed by atoms with E-state index in [2.05, 4.69) is 6.08 Å². The molecule has 1 atom stereocenters. The third-order valence-corrected chi connectivity index (χ3v) is 1.41. The molecule has 0 aromatic heterocycles. The van der Waals surface area contributed by atoms with Crippen LogP contribution in [-0.2, 0) is 4.74 Å². The van der Waals surface area contributed by atoms with Crippen LogP contribution in [0.3, 0.4) is 0 Å². The standard InChI is InChI=1S/C7H9NO/c8-6-9-7-4-2-1-3-5-7/h2,4,7H,1,3,5H2. The molecule has 1 rings (SSSR count). The van der Waals surface area contributed by atoms with Crippen LogP contribution in [-0.4, -0.2) is 6.10 Å². The van der Waals surface area contributed by atoms with Crippen molar-refractivity contribution in [1.82, 2.24) is 0 Å². The highest BCUT2D eigenvalue weighted by atomic mass is 16.5. The molecule has 0 spiro atoms. The normalized spacial score (nSPS) is 25.0. The molecule has 1 unspecified atom stereocenters. The highest BCUT2D eigenvalue weighted by molar-refractivity contribution is 4.94.